The normalized spacial score (nSPS) is 22.2. The number of hydrogen-bond acceptors (Lipinski definition) is 3. The molecule has 1 amide bonds. The number of amides is 1. The van der Waals surface area contributed by atoms with Crippen LogP contribution in [0.25, 0.3) is 0 Å². The zero-order valence-electron chi connectivity index (χ0n) is 12.9. The SMILES string of the molecule is Cc1ccc(OCCC(=O)N2CCNC(C)C2C)c(Br)c1. The summed E-state index contributed by atoms with van der Waals surface area (Å²) >= 11 is 3.48. The van der Waals surface area contributed by atoms with Gasteiger partial charge >= 0.3 is 0 Å². The molecule has 1 fully saturated rings. The predicted molar refractivity (Wildman–Crippen MR) is 87.6 cm³/mol. The average molecular weight is 355 g/mol. The van der Waals surface area contributed by atoms with Crippen LogP contribution in [0.15, 0.2) is 22.7 Å². The number of benzene rings is 1. The quantitative estimate of drug-likeness (QED) is 0.903. The molecule has 2 rings (SSSR count). The van der Waals surface area contributed by atoms with Gasteiger partial charge in [0.05, 0.1) is 17.5 Å². The molecule has 1 N–H and O–H groups in total. The van der Waals surface area contributed by atoms with Crippen LogP contribution in [0.5, 0.6) is 5.75 Å². The third kappa shape index (κ3) is 4.20. The molecule has 0 bridgehead atoms. The number of hydrogen-bond donors (Lipinski definition) is 1. The summed E-state index contributed by atoms with van der Waals surface area (Å²) in [5.41, 5.74) is 1.17. The molecule has 0 radical (unpaired) electrons. The molecule has 1 aromatic rings. The van der Waals surface area contributed by atoms with Crippen molar-refractivity contribution in [2.45, 2.75) is 39.3 Å². The lowest BCUT2D eigenvalue weighted by Gasteiger charge is -2.38. The molecule has 4 nitrogen and oxygen atoms in total. The molecule has 1 saturated heterocycles. The number of aryl methyl sites for hydroxylation is 1. The van der Waals surface area contributed by atoms with Gasteiger partial charge in [0.1, 0.15) is 5.75 Å². The van der Waals surface area contributed by atoms with Crippen LogP contribution in [0.1, 0.15) is 25.8 Å². The maximum absolute atomic E-state index is 12.3. The van der Waals surface area contributed by atoms with Gasteiger partial charge in [-0.3, -0.25) is 4.79 Å². The molecule has 0 saturated carbocycles. The van der Waals surface area contributed by atoms with Crippen LogP contribution in [0.4, 0.5) is 0 Å². The number of rotatable bonds is 4. The Morgan fingerprint density at radius 3 is 2.95 bits per heavy atom. The van der Waals surface area contributed by atoms with Crippen LogP contribution < -0.4 is 10.1 Å². The molecule has 2 unspecified atom stereocenters. The maximum atomic E-state index is 12.3. The summed E-state index contributed by atoms with van der Waals surface area (Å²) < 4.78 is 6.64. The second-order valence-electron chi connectivity index (χ2n) is 5.60. The Hall–Kier alpha value is -1.07. The molecule has 0 aliphatic carbocycles. The van der Waals surface area contributed by atoms with E-state index < -0.39 is 0 Å². The Balaban J connectivity index is 1.84. The number of nitrogens with zero attached hydrogens (tertiary/aromatic N) is 1. The van der Waals surface area contributed by atoms with E-state index in [1.807, 2.05) is 30.0 Å². The smallest absolute Gasteiger partial charge is 0.226 e. The first-order chi connectivity index (χ1) is 9.99. The number of carbonyl (C=O) groups is 1. The van der Waals surface area contributed by atoms with E-state index in [0.29, 0.717) is 19.1 Å². The van der Waals surface area contributed by atoms with Gasteiger partial charge in [0.2, 0.25) is 5.91 Å². The van der Waals surface area contributed by atoms with Crippen molar-refractivity contribution < 1.29 is 9.53 Å². The van der Waals surface area contributed by atoms with Gasteiger partial charge in [0.15, 0.2) is 0 Å². The van der Waals surface area contributed by atoms with Crippen molar-refractivity contribution in [3.8, 4) is 5.75 Å². The number of ether oxygens (including phenoxy) is 1. The van der Waals surface area contributed by atoms with Crippen LogP contribution in [0.2, 0.25) is 0 Å². The van der Waals surface area contributed by atoms with Crippen LogP contribution in [0, 0.1) is 6.92 Å². The average Bonchev–Trinajstić information content (AvgIpc) is 2.44. The Morgan fingerprint density at radius 1 is 1.48 bits per heavy atom. The molecule has 21 heavy (non-hydrogen) atoms. The van der Waals surface area contributed by atoms with Gasteiger partial charge < -0.3 is 15.0 Å². The number of carbonyl (C=O) groups excluding carboxylic acids is 1. The highest BCUT2D eigenvalue weighted by Gasteiger charge is 2.27. The molecule has 2 atom stereocenters. The van der Waals surface area contributed by atoms with E-state index in [9.17, 15) is 4.79 Å². The van der Waals surface area contributed by atoms with Gasteiger partial charge in [0.25, 0.3) is 0 Å². The van der Waals surface area contributed by atoms with Gasteiger partial charge in [-0.05, 0) is 54.4 Å². The molecule has 1 aliphatic heterocycles. The minimum absolute atomic E-state index is 0.166. The lowest BCUT2D eigenvalue weighted by molar-refractivity contribution is -0.135. The first-order valence-electron chi connectivity index (χ1n) is 7.41. The Labute approximate surface area is 135 Å². The second kappa shape index (κ2) is 7.27. The first kappa shape index (κ1) is 16.3. The zero-order chi connectivity index (χ0) is 15.4. The predicted octanol–water partition coefficient (Wildman–Crippen LogP) is 2.74. The fourth-order valence-electron chi connectivity index (χ4n) is 2.52. The van der Waals surface area contributed by atoms with Gasteiger partial charge in [-0.2, -0.15) is 0 Å². The second-order valence-corrected chi connectivity index (χ2v) is 6.46. The molecule has 0 aromatic heterocycles. The van der Waals surface area contributed by atoms with Crippen molar-refractivity contribution in [2.24, 2.45) is 0 Å². The van der Waals surface area contributed by atoms with Crippen molar-refractivity contribution in [2.75, 3.05) is 19.7 Å². The van der Waals surface area contributed by atoms with Gasteiger partial charge in [0, 0.05) is 25.2 Å². The van der Waals surface area contributed by atoms with Crippen molar-refractivity contribution in [1.82, 2.24) is 10.2 Å². The first-order valence-corrected chi connectivity index (χ1v) is 8.20. The van der Waals surface area contributed by atoms with E-state index in [2.05, 4.69) is 35.1 Å². The van der Waals surface area contributed by atoms with E-state index in [4.69, 9.17) is 4.74 Å². The minimum Gasteiger partial charge on any atom is -0.492 e. The Morgan fingerprint density at radius 2 is 2.24 bits per heavy atom. The highest BCUT2D eigenvalue weighted by atomic mass is 79.9. The fraction of sp³-hybridized carbons (Fsp3) is 0.562. The molecule has 5 heteroatoms. The molecular weight excluding hydrogens is 332 g/mol. The van der Waals surface area contributed by atoms with Crippen LogP contribution in [0.3, 0.4) is 0 Å². The fourth-order valence-corrected chi connectivity index (χ4v) is 3.13. The van der Waals surface area contributed by atoms with Crippen LogP contribution in [-0.4, -0.2) is 42.6 Å². The number of piperazine rings is 1. The molecule has 116 valence electrons. The highest BCUT2D eigenvalue weighted by Crippen LogP contribution is 2.25. The summed E-state index contributed by atoms with van der Waals surface area (Å²) in [6.45, 7) is 8.28. The zero-order valence-corrected chi connectivity index (χ0v) is 14.4. The summed E-state index contributed by atoms with van der Waals surface area (Å²) in [6.07, 6.45) is 0.414. The van der Waals surface area contributed by atoms with Crippen molar-refractivity contribution in [3.05, 3.63) is 28.2 Å². The van der Waals surface area contributed by atoms with E-state index in [0.717, 1.165) is 23.3 Å². The molecule has 0 spiro atoms. The Kier molecular flexibility index (Phi) is 5.65. The molecule has 1 aromatic carbocycles. The number of halogens is 1. The topological polar surface area (TPSA) is 41.6 Å². The monoisotopic (exact) mass is 354 g/mol. The largest absolute Gasteiger partial charge is 0.492 e. The van der Waals surface area contributed by atoms with Crippen LogP contribution >= 0.6 is 15.9 Å². The number of nitrogens with one attached hydrogen (secondary N) is 1. The van der Waals surface area contributed by atoms with Crippen molar-refractivity contribution >= 4 is 21.8 Å². The van der Waals surface area contributed by atoms with E-state index in [1.54, 1.807) is 0 Å². The lowest BCUT2D eigenvalue weighted by Crippen LogP contribution is -2.57. The van der Waals surface area contributed by atoms with Crippen molar-refractivity contribution in [3.63, 3.8) is 0 Å². The summed E-state index contributed by atoms with van der Waals surface area (Å²) in [4.78, 5) is 14.2. The third-order valence-corrected chi connectivity index (χ3v) is 4.64. The van der Waals surface area contributed by atoms with Gasteiger partial charge in [-0.1, -0.05) is 6.07 Å². The maximum Gasteiger partial charge on any atom is 0.226 e. The summed E-state index contributed by atoms with van der Waals surface area (Å²) in [5.74, 6) is 0.953. The van der Waals surface area contributed by atoms with Crippen molar-refractivity contribution in [1.29, 1.82) is 0 Å². The third-order valence-electron chi connectivity index (χ3n) is 4.02. The standard InChI is InChI=1S/C16H23BrN2O2/c1-11-4-5-15(14(17)10-11)21-9-6-16(20)19-8-7-18-12(2)13(19)3/h4-5,10,12-13,18H,6-9H2,1-3H3. The lowest BCUT2D eigenvalue weighted by atomic mass is 10.1. The van der Waals surface area contributed by atoms with Gasteiger partial charge in [-0.15, -0.1) is 0 Å². The van der Waals surface area contributed by atoms with E-state index in [1.165, 1.54) is 5.56 Å². The van der Waals surface area contributed by atoms with E-state index >= 15 is 0 Å². The molecule has 1 heterocycles. The van der Waals surface area contributed by atoms with E-state index in [-0.39, 0.29) is 11.9 Å². The Bertz CT molecular complexity index is 507. The summed E-state index contributed by atoms with van der Waals surface area (Å²) in [7, 11) is 0. The minimum atomic E-state index is 0.166. The van der Waals surface area contributed by atoms with Gasteiger partial charge in [-0.25, -0.2) is 0 Å². The summed E-state index contributed by atoms with van der Waals surface area (Å²) in [5, 5.41) is 3.38. The molecule has 1 aliphatic rings. The molecular formula is C16H23BrN2O2. The summed E-state index contributed by atoms with van der Waals surface area (Å²) in [6, 6.07) is 6.52. The van der Waals surface area contributed by atoms with Crippen LogP contribution in [-0.2, 0) is 4.79 Å². The highest BCUT2D eigenvalue weighted by molar-refractivity contribution is 9.10.